The van der Waals surface area contributed by atoms with Gasteiger partial charge in [-0.25, -0.2) is 9.97 Å². The number of aromatic nitrogens is 2. The zero-order valence-corrected chi connectivity index (χ0v) is 12.1. The Morgan fingerprint density at radius 1 is 1.11 bits per heavy atom. The molecule has 1 heterocycles. The van der Waals surface area contributed by atoms with Crippen molar-refractivity contribution in [1.29, 1.82) is 0 Å². The Bertz CT molecular complexity index is 550. The second-order valence-electron chi connectivity index (χ2n) is 5.34. The fourth-order valence-electron chi connectivity index (χ4n) is 1.58. The molecule has 0 aliphatic heterocycles. The molecule has 2 rings (SSSR count). The molecule has 0 amide bonds. The van der Waals surface area contributed by atoms with E-state index >= 15 is 0 Å². The quantitative estimate of drug-likeness (QED) is 0.795. The Balaban J connectivity index is 2.15. The summed E-state index contributed by atoms with van der Waals surface area (Å²) in [7, 11) is 0. The van der Waals surface area contributed by atoms with Gasteiger partial charge in [-0.1, -0.05) is 50.6 Å². The van der Waals surface area contributed by atoms with Gasteiger partial charge in [-0.05, 0) is 18.2 Å². The molecule has 19 heavy (non-hydrogen) atoms. The molecule has 0 aliphatic rings. The number of halogens is 1. The van der Waals surface area contributed by atoms with Gasteiger partial charge >= 0.3 is 0 Å². The van der Waals surface area contributed by atoms with Crippen molar-refractivity contribution < 1.29 is 4.74 Å². The fourth-order valence-corrected chi connectivity index (χ4v) is 1.78. The van der Waals surface area contributed by atoms with Crippen LogP contribution in [0.3, 0.4) is 0 Å². The summed E-state index contributed by atoms with van der Waals surface area (Å²) in [6.45, 7) is 6.59. The van der Waals surface area contributed by atoms with Gasteiger partial charge in [-0.15, -0.1) is 0 Å². The molecule has 0 atom stereocenters. The van der Waals surface area contributed by atoms with Gasteiger partial charge in [-0.3, -0.25) is 0 Å². The molecule has 0 spiro atoms. The minimum absolute atomic E-state index is 0.0614. The van der Waals surface area contributed by atoms with Crippen LogP contribution in [0.25, 0.3) is 0 Å². The van der Waals surface area contributed by atoms with Crippen LogP contribution < -0.4 is 4.74 Å². The predicted octanol–water partition coefficient (Wildman–Crippen LogP) is 4.01. The van der Waals surface area contributed by atoms with E-state index in [1.807, 2.05) is 30.3 Å². The molecule has 1 aromatic heterocycles. The maximum atomic E-state index is 6.03. The number of hydrogen-bond acceptors (Lipinski definition) is 3. The van der Waals surface area contributed by atoms with Crippen LogP contribution in [-0.2, 0) is 12.0 Å². The molecule has 0 saturated carbocycles. The van der Waals surface area contributed by atoms with Gasteiger partial charge < -0.3 is 4.74 Å². The second-order valence-corrected chi connectivity index (χ2v) is 5.73. The van der Waals surface area contributed by atoms with E-state index in [2.05, 4.69) is 30.7 Å². The van der Waals surface area contributed by atoms with E-state index in [-0.39, 0.29) is 5.41 Å². The monoisotopic (exact) mass is 276 g/mol. The van der Waals surface area contributed by atoms with Crippen LogP contribution in [0.4, 0.5) is 0 Å². The molecule has 0 N–H and O–H groups in total. The second kappa shape index (κ2) is 5.57. The van der Waals surface area contributed by atoms with E-state index in [9.17, 15) is 0 Å². The Labute approximate surface area is 118 Å². The van der Waals surface area contributed by atoms with E-state index in [0.717, 1.165) is 11.4 Å². The lowest BCUT2D eigenvalue weighted by atomic mass is 9.92. The summed E-state index contributed by atoms with van der Waals surface area (Å²) in [6, 6.07) is 11.4. The molecule has 4 heteroatoms. The molecule has 0 bridgehead atoms. The molecule has 3 nitrogen and oxygen atoms in total. The normalized spacial score (nSPS) is 11.4. The van der Waals surface area contributed by atoms with Gasteiger partial charge in [-0.2, -0.15) is 0 Å². The highest BCUT2D eigenvalue weighted by Crippen LogP contribution is 2.22. The first-order valence-corrected chi connectivity index (χ1v) is 6.55. The van der Waals surface area contributed by atoms with Crippen LogP contribution in [0.1, 0.15) is 32.3 Å². The van der Waals surface area contributed by atoms with Crippen molar-refractivity contribution in [3.05, 3.63) is 53.1 Å². The lowest BCUT2D eigenvalue weighted by molar-refractivity contribution is 0.294. The highest BCUT2D eigenvalue weighted by atomic mass is 35.5. The number of rotatable bonds is 3. The highest BCUT2D eigenvalue weighted by molar-refractivity contribution is 6.29. The molecule has 0 saturated heterocycles. The molecular formula is C15H17ClN2O. The lowest BCUT2D eigenvalue weighted by Crippen LogP contribution is -2.16. The van der Waals surface area contributed by atoms with Crippen LogP contribution in [0.2, 0.25) is 5.15 Å². The van der Waals surface area contributed by atoms with E-state index in [1.165, 1.54) is 0 Å². The zero-order valence-electron chi connectivity index (χ0n) is 11.4. The molecule has 0 fully saturated rings. The first-order chi connectivity index (χ1) is 8.95. The number of nitrogens with zero attached hydrogens (tertiary/aromatic N) is 2. The Morgan fingerprint density at radius 2 is 1.79 bits per heavy atom. The van der Waals surface area contributed by atoms with E-state index in [0.29, 0.717) is 17.6 Å². The smallest absolute Gasteiger partial charge is 0.167 e. The third-order valence-electron chi connectivity index (χ3n) is 2.62. The molecule has 100 valence electrons. The summed E-state index contributed by atoms with van der Waals surface area (Å²) in [5, 5.41) is 0.451. The molecular weight excluding hydrogens is 260 g/mol. The Hall–Kier alpha value is -1.61. The topological polar surface area (TPSA) is 35.0 Å². The van der Waals surface area contributed by atoms with Crippen molar-refractivity contribution in [2.24, 2.45) is 0 Å². The van der Waals surface area contributed by atoms with Gasteiger partial charge in [0.05, 0.1) is 5.69 Å². The van der Waals surface area contributed by atoms with Crippen LogP contribution >= 0.6 is 11.6 Å². The van der Waals surface area contributed by atoms with Gasteiger partial charge in [0, 0.05) is 5.41 Å². The molecule has 0 unspecified atom stereocenters. The van der Waals surface area contributed by atoms with Crippen molar-refractivity contribution in [2.45, 2.75) is 32.8 Å². The molecule has 1 aromatic carbocycles. The summed E-state index contributed by atoms with van der Waals surface area (Å²) >= 11 is 6.03. The first-order valence-electron chi connectivity index (χ1n) is 6.17. The van der Waals surface area contributed by atoms with Gasteiger partial charge in [0.15, 0.2) is 5.82 Å². The summed E-state index contributed by atoms with van der Waals surface area (Å²) in [5.74, 6) is 1.39. The first kappa shape index (κ1) is 13.8. The minimum Gasteiger partial charge on any atom is -0.486 e. The minimum atomic E-state index is -0.0614. The van der Waals surface area contributed by atoms with Crippen molar-refractivity contribution in [3.8, 4) is 5.75 Å². The van der Waals surface area contributed by atoms with E-state index < -0.39 is 0 Å². The SMILES string of the molecule is CC(C)(C)c1cc(Cl)nc(COc2ccccc2)n1. The Morgan fingerprint density at radius 3 is 2.42 bits per heavy atom. The molecule has 0 aliphatic carbocycles. The van der Waals surface area contributed by atoms with Crippen molar-refractivity contribution in [2.75, 3.05) is 0 Å². The number of benzene rings is 1. The largest absolute Gasteiger partial charge is 0.486 e. The maximum absolute atomic E-state index is 6.03. The van der Waals surface area contributed by atoms with Crippen molar-refractivity contribution in [3.63, 3.8) is 0 Å². The lowest BCUT2D eigenvalue weighted by Gasteiger charge is -2.18. The van der Waals surface area contributed by atoms with Gasteiger partial charge in [0.25, 0.3) is 0 Å². The van der Waals surface area contributed by atoms with Gasteiger partial charge in [0.1, 0.15) is 17.5 Å². The third-order valence-corrected chi connectivity index (χ3v) is 2.81. The van der Waals surface area contributed by atoms with Crippen LogP contribution in [0.5, 0.6) is 5.75 Å². The van der Waals surface area contributed by atoms with Crippen molar-refractivity contribution in [1.82, 2.24) is 9.97 Å². The van der Waals surface area contributed by atoms with Crippen LogP contribution in [0.15, 0.2) is 36.4 Å². The maximum Gasteiger partial charge on any atom is 0.167 e. The molecule has 2 aromatic rings. The fraction of sp³-hybridized carbons (Fsp3) is 0.333. The van der Waals surface area contributed by atoms with E-state index in [1.54, 1.807) is 6.07 Å². The van der Waals surface area contributed by atoms with Crippen LogP contribution in [0, 0.1) is 0 Å². The summed E-state index contributed by atoms with van der Waals surface area (Å²) < 4.78 is 5.63. The molecule has 0 radical (unpaired) electrons. The highest BCUT2D eigenvalue weighted by Gasteiger charge is 2.17. The van der Waals surface area contributed by atoms with Crippen molar-refractivity contribution >= 4 is 11.6 Å². The summed E-state index contributed by atoms with van der Waals surface area (Å²) in [5.41, 5.74) is 0.854. The number of para-hydroxylation sites is 1. The zero-order chi connectivity index (χ0) is 13.9. The average Bonchev–Trinajstić information content (AvgIpc) is 2.36. The van der Waals surface area contributed by atoms with Gasteiger partial charge in [0.2, 0.25) is 0 Å². The summed E-state index contributed by atoms with van der Waals surface area (Å²) in [6.07, 6.45) is 0. The van der Waals surface area contributed by atoms with E-state index in [4.69, 9.17) is 16.3 Å². The third kappa shape index (κ3) is 3.93. The predicted molar refractivity (Wildman–Crippen MR) is 76.5 cm³/mol. The summed E-state index contributed by atoms with van der Waals surface area (Å²) in [4.78, 5) is 8.69. The Kier molecular flexibility index (Phi) is 4.05. The average molecular weight is 277 g/mol. The number of ether oxygens (including phenoxy) is 1. The standard InChI is InChI=1S/C15H17ClN2O/c1-15(2,3)12-9-13(16)18-14(17-12)10-19-11-7-5-4-6-8-11/h4-9H,10H2,1-3H3. The van der Waals surface area contributed by atoms with Crippen LogP contribution in [-0.4, -0.2) is 9.97 Å². The number of hydrogen-bond donors (Lipinski definition) is 0.